The number of hydrogen-bond donors (Lipinski definition) is 1. The average Bonchev–Trinajstić information content (AvgIpc) is 2.76. The van der Waals surface area contributed by atoms with Crippen LogP contribution in [0.5, 0.6) is 0 Å². The fraction of sp³-hybridized carbons (Fsp3) is 0.562. The molecule has 3 heteroatoms. The summed E-state index contributed by atoms with van der Waals surface area (Å²) in [4.78, 5) is 13.7. The van der Waals surface area contributed by atoms with E-state index < -0.39 is 11.9 Å². The van der Waals surface area contributed by atoms with Crippen LogP contribution in [-0.2, 0) is 11.2 Å². The summed E-state index contributed by atoms with van der Waals surface area (Å²) in [5.74, 6) is -0.333. The molecule has 0 aromatic heterocycles. The Kier molecular flexibility index (Phi) is 3.21. The third-order valence-electron chi connectivity index (χ3n) is 4.66. The smallest absolute Gasteiger partial charge is 0.310 e. The zero-order chi connectivity index (χ0) is 13.4. The molecule has 0 radical (unpaired) electrons. The van der Waals surface area contributed by atoms with Crippen LogP contribution in [0.2, 0.25) is 0 Å². The molecule has 0 saturated heterocycles. The van der Waals surface area contributed by atoms with Gasteiger partial charge in [0.05, 0.1) is 5.92 Å². The number of rotatable bonds is 4. The van der Waals surface area contributed by atoms with E-state index in [2.05, 4.69) is 11.0 Å². The molecule has 3 rings (SSSR count). The molecule has 0 bridgehead atoms. The van der Waals surface area contributed by atoms with Gasteiger partial charge in [-0.25, -0.2) is 0 Å². The first-order valence-electron chi connectivity index (χ1n) is 7.26. The van der Waals surface area contributed by atoms with Crippen molar-refractivity contribution in [2.75, 3.05) is 18.0 Å². The van der Waals surface area contributed by atoms with E-state index in [1.807, 2.05) is 12.1 Å². The monoisotopic (exact) mass is 259 g/mol. The van der Waals surface area contributed by atoms with Gasteiger partial charge in [-0.2, -0.15) is 0 Å². The van der Waals surface area contributed by atoms with Crippen LogP contribution < -0.4 is 4.90 Å². The summed E-state index contributed by atoms with van der Waals surface area (Å²) in [5.41, 5.74) is 3.52. The Hall–Kier alpha value is -1.51. The Labute approximate surface area is 114 Å². The van der Waals surface area contributed by atoms with Crippen molar-refractivity contribution < 1.29 is 9.90 Å². The van der Waals surface area contributed by atoms with Gasteiger partial charge in [-0.15, -0.1) is 0 Å². The van der Waals surface area contributed by atoms with E-state index in [4.69, 9.17) is 0 Å². The second-order valence-corrected chi connectivity index (χ2v) is 5.91. The quantitative estimate of drug-likeness (QED) is 0.903. The maximum atomic E-state index is 11.3. The van der Waals surface area contributed by atoms with Crippen molar-refractivity contribution in [2.45, 2.75) is 38.5 Å². The lowest BCUT2D eigenvalue weighted by Crippen LogP contribution is -2.32. The molecule has 19 heavy (non-hydrogen) atoms. The van der Waals surface area contributed by atoms with Crippen LogP contribution in [0.1, 0.15) is 43.2 Å². The minimum atomic E-state index is -0.733. The highest BCUT2D eigenvalue weighted by molar-refractivity contribution is 5.80. The Balaban J connectivity index is 1.90. The lowest BCUT2D eigenvalue weighted by Gasteiger charge is -2.32. The molecule has 1 aliphatic heterocycles. The lowest BCUT2D eigenvalue weighted by molar-refractivity contribution is -0.138. The summed E-state index contributed by atoms with van der Waals surface area (Å²) in [6.07, 6.45) is 5.09. The lowest BCUT2D eigenvalue weighted by atomic mass is 9.85. The number of carboxylic acids is 1. The van der Waals surface area contributed by atoms with Gasteiger partial charge in [0.1, 0.15) is 0 Å². The molecule has 1 heterocycles. The maximum Gasteiger partial charge on any atom is 0.310 e. The summed E-state index contributed by atoms with van der Waals surface area (Å²) in [5, 5.41) is 9.27. The average molecular weight is 259 g/mol. The largest absolute Gasteiger partial charge is 0.481 e. The van der Waals surface area contributed by atoms with E-state index in [0.717, 1.165) is 31.0 Å². The SMILES string of the molecule is CC(C(=O)O)c1cccc2c1N(CC1CCC1)CC2. The number of anilines is 1. The van der Waals surface area contributed by atoms with Crippen LogP contribution in [0.4, 0.5) is 5.69 Å². The predicted molar refractivity (Wildman–Crippen MR) is 75.8 cm³/mol. The molecule has 102 valence electrons. The summed E-state index contributed by atoms with van der Waals surface area (Å²) < 4.78 is 0. The maximum absolute atomic E-state index is 11.3. The van der Waals surface area contributed by atoms with Crippen LogP contribution in [0.25, 0.3) is 0 Å². The Bertz CT molecular complexity index is 494. The molecule has 0 spiro atoms. The predicted octanol–water partition coefficient (Wildman–Crippen LogP) is 3.04. The van der Waals surface area contributed by atoms with E-state index in [-0.39, 0.29) is 0 Å². The van der Waals surface area contributed by atoms with Crippen LogP contribution in [0.3, 0.4) is 0 Å². The number of aliphatic carboxylic acids is 1. The number of carboxylic acid groups (broad SMARTS) is 1. The second kappa shape index (κ2) is 4.87. The van der Waals surface area contributed by atoms with Crippen LogP contribution in [0, 0.1) is 5.92 Å². The zero-order valence-electron chi connectivity index (χ0n) is 11.4. The van der Waals surface area contributed by atoms with Crippen LogP contribution in [0.15, 0.2) is 18.2 Å². The number of carbonyl (C=O) groups is 1. The molecular formula is C16H21NO2. The van der Waals surface area contributed by atoms with Crippen LogP contribution in [-0.4, -0.2) is 24.2 Å². The Morgan fingerprint density at radius 1 is 1.47 bits per heavy atom. The van der Waals surface area contributed by atoms with Crippen molar-refractivity contribution in [1.29, 1.82) is 0 Å². The highest BCUT2D eigenvalue weighted by Gasteiger charge is 2.29. The van der Waals surface area contributed by atoms with Gasteiger partial charge >= 0.3 is 5.97 Å². The van der Waals surface area contributed by atoms with Gasteiger partial charge in [0.25, 0.3) is 0 Å². The van der Waals surface area contributed by atoms with Gasteiger partial charge in [-0.3, -0.25) is 4.79 Å². The van der Waals surface area contributed by atoms with Crippen molar-refractivity contribution in [2.24, 2.45) is 5.92 Å². The highest BCUT2D eigenvalue weighted by atomic mass is 16.4. The topological polar surface area (TPSA) is 40.5 Å². The van der Waals surface area contributed by atoms with Gasteiger partial charge in [0.15, 0.2) is 0 Å². The normalized spacial score (nSPS) is 19.9. The highest BCUT2D eigenvalue weighted by Crippen LogP contribution is 2.38. The third kappa shape index (κ3) is 2.22. The third-order valence-corrected chi connectivity index (χ3v) is 4.66. The number of fused-ring (bicyclic) bond motifs is 1. The molecule has 0 amide bonds. The zero-order valence-corrected chi connectivity index (χ0v) is 11.4. The molecular weight excluding hydrogens is 238 g/mol. The molecule has 1 atom stereocenters. The molecule has 1 aromatic rings. The number of benzene rings is 1. The van der Waals surface area contributed by atoms with Gasteiger partial charge in [0, 0.05) is 18.8 Å². The second-order valence-electron chi connectivity index (χ2n) is 5.91. The number of hydrogen-bond acceptors (Lipinski definition) is 2. The van der Waals surface area contributed by atoms with Crippen molar-refractivity contribution >= 4 is 11.7 Å². The van der Waals surface area contributed by atoms with E-state index in [1.54, 1.807) is 6.92 Å². The first-order chi connectivity index (χ1) is 9.16. The number of nitrogens with zero attached hydrogens (tertiary/aromatic N) is 1. The van der Waals surface area contributed by atoms with Crippen molar-refractivity contribution in [3.05, 3.63) is 29.3 Å². The van der Waals surface area contributed by atoms with E-state index >= 15 is 0 Å². The minimum Gasteiger partial charge on any atom is -0.481 e. The summed E-state index contributed by atoms with van der Waals surface area (Å²) >= 11 is 0. The molecule has 2 aliphatic rings. The van der Waals surface area contributed by atoms with Gasteiger partial charge < -0.3 is 10.0 Å². The fourth-order valence-electron chi connectivity index (χ4n) is 3.22. The van der Waals surface area contributed by atoms with Gasteiger partial charge in [-0.05, 0) is 43.2 Å². The summed E-state index contributed by atoms with van der Waals surface area (Å²) in [7, 11) is 0. The first-order valence-corrected chi connectivity index (χ1v) is 7.26. The van der Waals surface area contributed by atoms with Crippen LogP contribution >= 0.6 is 0 Å². The van der Waals surface area contributed by atoms with Gasteiger partial charge in [-0.1, -0.05) is 24.6 Å². The summed E-state index contributed by atoms with van der Waals surface area (Å²) in [6.45, 7) is 3.95. The first kappa shape index (κ1) is 12.5. The molecule has 1 saturated carbocycles. The molecule has 3 nitrogen and oxygen atoms in total. The van der Waals surface area contributed by atoms with E-state index in [9.17, 15) is 9.90 Å². The molecule has 1 aromatic carbocycles. The van der Waals surface area contributed by atoms with Crippen molar-refractivity contribution in [3.63, 3.8) is 0 Å². The van der Waals surface area contributed by atoms with E-state index in [0.29, 0.717) is 0 Å². The van der Waals surface area contributed by atoms with Crippen molar-refractivity contribution in [3.8, 4) is 0 Å². The number of para-hydroxylation sites is 1. The van der Waals surface area contributed by atoms with Crippen molar-refractivity contribution in [1.82, 2.24) is 0 Å². The molecule has 1 N–H and O–H groups in total. The fourth-order valence-corrected chi connectivity index (χ4v) is 3.22. The van der Waals surface area contributed by atoms with E-state index in [1.165, 1.54) is 30.5 Å². The summed E-state index contributed by atoms with van der Waals surface area (Å²) in [6, 6.07) is 6.13. The Morgan fingerprint density at radius 2 is 2.26 bits per heavy atom. The minimum absolute atomic E-state index is 0.419. The molecule has 1 fully saturated rings. The Morgan fingerprint density at radius 3 is 2.89 bits per heavy atom. The van der Waals surface area contributed by atoms with Gasteiger partial charge in [0.2, 0.25) is 0 Å². The standard InChI is InChI=1S/C16H21NO2/c1-11(16(18)19)14-7-3-6-13-8-9-17(15(13)14)10-12-4-2-5-12/h3,6-7,11-12H,2,4-5,8-10H2,1H3,(H,18,19). The molecule has 1 unspecified atom stereocenters. The molecule has 1 aliphatic carbocycles.